The van der Waals surface area contributed by atoms with E-state index in [0.29, 0.717) is 0 Å². The van der Waals surface area contributed by atoms with E-state index in [0.717, 1.165) is 13.0 Å². The van der Waals surface area contributed by atoms with Crippen LogP contribution in [0.5, 0.6) is 0 Å². The Morgan fingerprint density at radius 2 is 2.06 bits per heavy atom. The summed E-state index contributed by atoms with van der Waals surface area (Å²) in [7, 11) is 2.13. The summed E-state index contributed by atoms with van der Waals surface area (Å²) < 4.78 is 2.25. The molecule has 0 amide bonds. The Bertz CT molecular complexity index is 358. The summed E-state index contributed by atoms with van der Waals surface area (Å²) in [6, 6.07) is 6.49. The molecule has 16 heavy (non-hydrogen) atoms. The van der Waals surface area contributed by atoms with Crippen LogP contribution in [0, 0.1) is 6.92 Å². The first-order valence-corrected chi connectivity index (χ1v) is 6.61. The van der Waals surface area contributed by atoms with Gasteiger partial charge in [-0.1, -0.05) is 38.1 Å². The number of nitrogens with zero attached hydrogens (tertiary/aromatic N) is 1. The first-order chi connectivity index (χ1) is 7.69. The molecule has 0 saturated heterocycles. The van der Waals surface area contributed by atoms with Gasteiger partial charge in [-0.25, -0.2) is 4.31 Å². The molecular formula is C14H21NS. The van der Waals surface area contributed by atoms with Crippen molar-refractivity contribution in [2.45, 2.75) is 32.1 Å². The predicted molar refractivity (Wildman–Crippen MR) is 74.7 cm³/mol. The largest absolute Gasteiger partial charge is 0.250 e. The van der Waals surface area contributed by atoms with E-state index >= 15 is 0 Å². The average molecular weight is 235 g/mol. The molecule has 2 heteroatoms. The maximum absolute atomic E-state index is 2.25. The number of benzene rings is 1. The van der Waals surface area contributed by atoms with Gasteiger partial charge >= 0.3 is 0 Å². The molecule has 0 heterocycles. The minimum Gasteiger partial charge on any atom is -0.250 e. The monoisotopic (exact) mass is 235 g/mol. The smallest absolute Gasteiger partial charge is 0.0305 e. The first kappa shape index (κ1) is 13.3. The average Bonchev–Trinajstić information content (AvgIpc) is 2.28. The molecule has 1 nitrogen and oxygen atoms in total. The van der Waals surface area contributed by atoms with Crippen molar-refractivity contribution in [2.24, 2.45) is 0 Å². The van der Waals surface area contributed by atoms with Crippen LogP contribution in [0.25, 0.3) is 6.08 Å². The highest BCUT2D eigenvalue weighted by molar-refractivity contribution is 7.97. The van der Waals surface area contributed by atoms with Crippen LogP contribution in [-0.4, -0.2) is 17.9 Å². The van der Waals surface area contributed by atoms with E-state index < -0.39 is 0 Å². The van der Waals surface area contributed by atoms with Gasteiger partial charge in [0.25, 0.3) is 0 Å². The van der Waals surface area contributed by atoms with Crippen LogP contribution in [0.2, 0.25) is 0 Å². The Morgan fingerprint density at radius 1 is 1.31 bits per heavy atom. The lowest BCUT2D eigenvalue weighted by Gasteiger charge is -2.15. The second-order valence-corrected chi connectivity index (χ2v) is 5.08. The SMILES string of the molecule is CC/C=C\c1c(C)cccc1SN(C)CC. The van der Waals surface area contributed by atoms with E-state index in [4.69, 9.17) is 0 Å². The highest BCUT2D eigenvalue weighted by Crippen LogP contribution is 2.28. The topological polar surface area (TPSA) is 3.24 Å². The molecule has 0 radical (unpaired) electrons. The van der Waals surface area contributed by atoms with E-state index in [2.05, 4.69) is 62.5 Å². The number of rotatable bonds is 5. The summed E-state index contributed by atoms with van der Waals surface area (Å²) in [5.41, 5.74) is 2.70. The molecule has 0 aromatic heterocycles. The van der Waals surface area contributed by atoms with Crippen LogP contribution in [0.15, 0.2) is 29.2 Å². The molecular weight excluding hydrogens is 214 g/mol. The molecule has 0 atom stereocenters. The maximum atomic E-state index is 2.25. The molecule has 0 fully saturated rings. The van der Waals surface area contributed by atoms with Crippen molar-refractivity contribution >= 4 is 18.0 Å². The Balaban J connectivity index is 2.98. The van der Waals surface area contributed by atoms with Crippen molar-refractivity contribution in [1.29, 1.82) is 0 Å². The fraction of sp³-hybridized carbons (Fsp3) is 0.429. The third kappa shape index (κ3) is 3.69. The van der Waals surface area contributed by atoms with Crippen LogP contribution in [0.3, 0.4) is 0 Å². The van der Waals surface area contributed by atoms with E-state index in [9.17, 15) is 0 Å². The Kier molecular flexibility index (Phi) is 5.64. The lowest BCUT2D eigenvalue weighted by Crippen LogP contribution is -2.07. The molecule has 0 unspecified atom stereocenters. The Morgan fingerprint density at radius 3 is 2.69 bits per heavy atom. The Labute approximate surface area is 104 Å². The van der Waals surface area contributed by atoms with Crippen LogP contribution < -0.4 is 0 Å². The van der Waals surface area contributed by atoms with Crippen LogP contribution in [0.4, 0.5) is 0 Å². The molecule has 0 saturated carbocycles. The van der Waals surface area contributed by atoms with Crippen molar-refractivity contribution in [3.63, 3.8) is 0 Å². The molecule has 0 bridgehead atoms. The number of hydrogen-bond donors (Lipinski definition) is 0. The van der Waals surface area contributed by atoms with Crippen molar-refractivity contribution in [2.75, 3.05) is 13.6 Å². The summed E-state index contributed by atoms with van der Waals surface area (Å²) in [4.78, 5) is 1.34. The molecule has 1 aromatic carbocycles. The van der Waals surface area contributed by atoms with Gasteiger partial charge in [-0.2, -0.15) is 0 Å². The molecule has 0 spiro atoms. The van der Waals surface area contributed by atoms with Gasteiger partial charge in [-0.3, -0.25) is 0 Å². The minimum absolute atomic E-state index is 1.05. The van der Waals surface area contributed by atoms with Crippen molar-refractivity contribution in [1.82, 2.24) is 4.31 Å². The molecule has 0 N–H and O–H groups in total. The van der Waals surface area contributed by atoms with Crippen molar-refractivity contribution in [3.05, 3.63) is 35.4 Å². The highest BCUT2D eigenvalue weighted by atomic mass is 32.2. The van der Waals surface area contributed by atoms with E-state index in [1.54, 1.807) is 0 Å². The zero-order valence-electron chi connectivity index (χ0n) is 10.7. The summed E-state index contributed by atoms with van der Waals surface area (Å²) in [6.07, 6.45) is 5.54. The van der Waals surface area contributed by atoms with Gasteiger partial charge in [0.05, 0.1) is 0 Å². The van der Waals surface area contributed by atoms with Gasteiger partial charge in [0.15, 0.2) is 0 Å². The van der Waals surface area contributed by atoms with E-state index in [1.807, 2.05) is 11.9 Å². The Hall–Kier alpha value is -0.730. The lowest BCUT2D eigenvalue weighted by atomic mass is 10.1. The van der Waals surface area contributed by atoms with Gasteiger partial charge < -0.3 is 0 Å². The quantitative estimate of drug-likeness (QED) is 0.697. The minimum atomic E-state index is 1.05. The van der Waals surface area contributed by atoms with Gasteiger partial charge in [0.2, 0.25) is 0 Å². The molecule has 1 rings (SSSR count). The molecule has 0 aliphatic carbocycles. The van der Waals surface area contributed by atoms with Crippen LogP contribution in [-0.2, 0) is 0 Å². The van der Waals surface area contributed by atoms with Crippen LogP contribution in [0.1, 0.15) is 31.4 Å². The predicted octanol–water partition coefficient (Wildman–Crippen LogP) is 4.38. The van der Waals surface area contributed by atoms with Crippen molar-refractivity contribution in [3.8, 4) is 0 Å². The van der Waals surface area contributed by atoms with Gasteiger partial charge in [0, 0.05) is 11.4 Å². The van der Waals surface area contributed by atoms with E-state index in [-0.39, 0.29) is 0 Å². The third-order valence-corrected chi connectivity index (χ3v) is 3.63. The standard InChI is InChI=1S/C14H21NS/c1-5-7-10-13-12(3)9-8-11-14(13)16-15(4)6-2/h7-11H,5-6H2,1-4H3/b10-7-. The summed E-state index contributed by atoms with van der Waals surface area (Å²) >= 11 is 1.82. The summed E-state index contributed by atoms with van der Waals surface area (Å²) in [5.74, 6) is 0. The van der Waals surface area contributed by atoms with Gasteiger partial charge in [0.1, 0.15) is 0 Å². The summed E-state index contributed by atoms with van der Waals surface area (Å²) in [5, 5.41) is 0. The molecule has 88 valence electrons. The third-order valence-electron chi connectivity index (χ3n) is 2.50. The number of allylic oxidation sites excluding steroid dienone is 1. The number of aryl methyl sites for hydroxylation is 1. The summed E-state index contributed by atoms with van der Waals surface area (Å²) in [6.45, 7) is 7.56. The highest BCUT2D eigenvalue weighted by Gasteiger charge is 2.05. The zero-order chi connectivity index (χ0) is 12.0. The second kappa shape index (κ2) is 6.77. The molecule has 0 aliphatic heterocycles. The molecule has 1 aromatic rings. The zero-order valence-corrected chi connectivity index (χ0v) is 11.5. The van der Waals surface area contributed by atoms with Gasteiger partial charge in [-0.15, -0.1) is 0 Å². The maximum Gasteiger partial charge on any atom is 0.0305 e. The number of hydrogen-bond acceptors (Lipinski definition) is 2. The van der Waals surface area contributed by atoms with Crippen LogP contribution >= 0.6 is 11.9 Å². The molecule has 0 aliphatic rings. The van der Waals surface area contributed by atoms with Gasteiger partial charge in [-0.05, 0) is 49.5 Å². The second-order valence-electron chi connectivity index (χ2n) is 3.83. The normalized spacial score (nSPS) is 11.6. The first-order valence-electron chi connectivity index (χ1n) is 5.84. The van der Waals surface area contributed by atoms with E-state index in [1.165, 1.54) is 16.0 Å². The fourth-order valence-corrected chi connectivity index (χ4v) is 2.35. The van der Waals surface area contributed by atoms with Crippen molar-refractivity contribution < 1.29 is 0 Å². The fourth-order valence-electron chi connectivity index (χ4n) is 1.42. The lowest BCUT2D eigenvalue weighted by molar-refractivity contribution is 0.602.